The van der Waals surface area contributed by atoms with Crippen LogP contribution in [0.25, 0.3) is 11.3 Å². The Labute approximate surface area is 149 Å². The highest BCUT2D eigenvalue weighted by molar-refractivity contribution is 7.98. The summed E-state index contributed by atoms with van der Waals surface area (Å²) in [6.45, 7) is 4.38. The number of aromatic nitrogens is 1. The second kappa shape index (κ2) is 7.03. The van der Waals surface area contributed by atoms with Crippen LogP contribution in [0.3, 0.4) is 0 Å². The van der Waals surface area contributed by atoms with Crippen molar-refractivity contribution in [2.45, 2.75) is 37.3 Å². The summed E-state index contributed by atoms with van der Waals surface area (Å²) in [7, 11) is 0. The first-order valence-electron chi connectivity index (χ1n) is 7.88. The molecule has 2 aromatic rings. The largest absolute Gasteiger partial charge is 0.461 e. The third-order valence-corrected chi connectivity index (χ3v) is 5.56. The molecule has 4 nitrogen and oxygen atoms in total. The van der Waals surface area contributed by atoms with E-state index >= 15 is 0 Å². The van der Waals surface area contributed by atoms with Gasteiger partial charge in [0.1, 0.15) is 5.69 Å². The molecule has 0 amide bonds. The molecule has 0 saturated heterocycles. The number of aromatic amines is 1. The Morgan fingerprint density at radius 2 is 2.21 bits per heavy atom. The number of rotatable bonds is 4. The molecule has 24 heavy (non-hydrogen) atoms. The van der Waals surface area contributed by atoms with E-state index in [1.54, 1.807) is 11.8 Å². The number of ether oxygens (including phenoxy) is 1. The van der Waals surface area contributed by atoms with Gasteiger partial charge in [-0.3, -0.25) is 4.79 Å². The topological polar surface area (TPSA) is 59.2 Å². The van der Waals surface area contributed by atoms with Crippen molar-refractivity contribution in [3.05, 3.63) is 50.3 Å². The van der Waals surface area contributed by atoms with Crippen LogP contribution in [0, 0.1) is 6.92 Å². The molecule has 1 aliphatic heterocycles. The minimum Gasteiger partial charge on any atom is -0.461 e. The SMILES string of the molecule is CCCCOC(=O)c1cc(=O)c2c([nH]1)-c1c(Cl)ccc(C)c1SC2. The van der Waals surface area contributed by atoms with Crippen molar-refractivity contribution >= 4 is 29.3 Å². The number of esters is 1. The third-order valence-electron chi connectivity index (χ3n) is 4.00. The van der Waals surface area contributed by atoms with Gasteiger partial charge in [-0.05, 0) is 25.0 Å². The number of H-pyrrole nitrogens is 1. The van der Waals surface area contributed by atoms with Crippen molar-refractivity contribution in [2.75, 3.05) is 6.61 Å². The summed E-state index contributed by atoms with van der Waals surface area (Å²) in [5.74, 6) is 0.0520. The molecule has 2 heterocycles. The normalized spacial score (nSPS) is 12.5. The van der Waals surface area contributed by atoms with E-state index < -0.39 is 5.97 Å². The van der Waals surface area contributed by atoms with Crippen LogP contribution in [-0.4, -0.2) is 17.6 Å². The van der Waals surface area contributed by atoms with Crippen molar-refractivity contribution in [3.8, 4) is 11.3 Å². The Hall–Kier alpha value is -1.72. The maximum Gasteiger partial charge on any atom is 0.354 e. The first-order chi connectivity index (χ1) is 11.5. The Balaban J connectivity index is 2.08. The molecule has 0 atom stereocenters. The van der Waals surface area contributed by atoms with Gasteiger partial charge >= 0.3 is 5.97 Å². The van der Waals surface area contributed by atoms with Gasteiger partial charge in [0.25, 0.3) is 0 Å². The zero-order valence-electron chi connectivity index (χ0n) is 13.6. The van der Waals surface area contributed by atoms with E-state index in [0.717, 1.165) is 28.9 Å². The number of carbonyl (C=O) groups excluding carboxylic acids is 1. The predicted molar refractivity (Wildman–Crippen MR) is 97.0 cm³/mol. The van der Waals surface area contributed by atoms with E-state index in [4.69, 9.17) is 16.3 Å². The van der Waals surface area contributed by atoms with Gasteiger partial charge < -0.3 is 9.72 Å². The lowest BCUT2D eigenvalue weighted by molar-refractivity contribution is 0.0493. The minimum absolute atomic E-state index is 0.165. The maximum absolute atomic E-state index is 12.4. The van der Waals surface area contributed by atoms with Crippen LogP contribution in [-0.2, 0) is 10.5 Å². The van der Waals surface area contributed by atoms with Crippen molar-refractivity contribution < 1.29 is 9.53 Å². The molecule has 6 heteroatoms. The number of fused-ring (bicyclic) bond motifs is 3. The number of benzene rings is 1. The van der Waals surface area contributed by atoms with Crippen LogP contribution in [0.2, 0.25) is 5.02 Å². The average Bonchev–Trinajstić information content (AvgIpc) is 2.57. The summed E-state index contributed by atoms with van der Waals surface area (Å²) >= 11 is 7.97. The van der Waals surface area contributed by atoms with Gasteiger partial charge in [-0.1, -0.05) is 31.0 Å². The van der Waals surface area contributed by atoms with E-state index in [2.05, 4.69) is 4.98 Å². The van der Waals surface area contributed by atoms with Gasteiger partial charge in [0.15, 0.2) is 5.43 Å². The number of hydrogen-bond acceptors (Lipinski definition) is 4. The number of nitrogens with one attached hydrogen (secondary N) is 1. The molecule has 0 unspecified atom stereocenters. The maximum atomic E-state index is 12.4. The third kappa shape index (κ3) is 3.10. The fraction of sp³-hybridized carbons (Fsp3) is 0.333. The summed E-state index contributed by atoms with van der Waals surface area (Å²) in [5.41, 5.74) is 3.18. The van der Waals surface area contributed by atoms with E-state index in [9.17, 15) is 9.59 Å². The monoisotopic (exact) mass is 363 g/mol. The quantitative estimate of drug-likeness (QED) is 0.638. The summed E-state index contributed by atoms with van der Waals surface area (Å²) < 4.78 is 5.21. The van der Waals surface area contributed by atoms with Crippen molar-refractivity contribution in [1.82, 2.24) is 4.98 Å². The lowest BCUT2D eigenvalue weighted by Crippen LogP contribution is -2.19. The van der Waals surface area contributed by atoms with E-state index in [-0.39, 0.29) is 11.1 Å². The first kappa shape index (κ1) is 17.1. The minimum atomic E-state index is -0.507. The Morgan fingerprint density at radius 3 is 2.96 bits per heavy atom. The fourth-order valence-electron chi connectivity index (χ4n) is 2.67. The summed E-state index contributed by atoms with van der Waals surface area (Å²) in [6, 6.07) is 5.10. The van der Waals surface area contributed by atoms with Crippen LogP contribution in [0.4, 0.5) is 0 Å². The molecule has 0 radical (unpaired) electrons. The molecule has 0 spiro atoms. The van der Waals surface area contributed by atoms with Crippen LogP contribution in [0.1, 0.15) is 41.4 Å². The molecule has 0 aliphatic carbocycles. The van der Waals surface area contributed by atoms with E-state index in [0.29, 0.717) is 28.6 Å². The Kier molecular flexibility index (Phi) is 5.01. The van der Waals surface area contributed by atoms with Gasteiger partial charge in [0, 0.05) is 27.8 Å². The standard InChI is InChI=1S/C18H18ClNO3S/c1-3-4-7-23-18(22)13-8-14(21)11-9-24-17-10(2)5-6-12(19)15(17)16(11)20-13/h5-6,8H,3-4,7,9H2,1-2H3,(H,20,21). The first-order valence-corrected chi connectivity index (χ1v) is 9.25. The second-order valence-electron chi connectivity index (χ2n) is 5.75. The average molecular weight is 364 g/mol. The molecule has 1 aromatic heterocycles. The Morgan fingerprint density at radius 1 is 1.42 bits per heavy atom. The van der Waals surface area contributed by atoms with E-state index in [1.807, 2.05) is 26.0 Å². The molecular formula is C18H18ClNO3S. The molecular weight excluding hydrogens is 346 g/mol. The number of aryl methyl sites for hydroxylation is 1. The highest BCUT2D eigenvalue weighted by atomic mass is 35.5. The number of hydrogen-bond donors (Lipinski definition) is 1. The lowest BCUT2D eigenvalue weighted by atomic mass is 10.0. The van der Waals surface area contributed by atoms with E-state index in [1.165, 1.54) is 6.07 Å². The molecule has 3 rings (SSSR count). The number of halogens is 1. The molecule has 1 aliphatic rings. The highest BCUT2D eigenvalue weighted by Crippen LogP contribution is 2.44. The van der Waals surface area contributed by atoms with Crippen molar-refractivity contribution in [2.24, 2.45) is 0 Å². The predicted octanol–water partition coefficient (Wildman–Crippen LogP) is 4.57. The van der Waals surface area contributed by atoms with Gasteiger partial charge in [0.2, 0.25) is 0 Å². The zero-order chi connectivity index (χ0) is 17.3. The summed E-state index contributed by atoms with van der Waals surface area (Å²) in [6.07, 6.45) is 1.74. The van der Waals surface area contributed by atoms with Gasteiger partial charge in [-0.15, -0.1) is 11.8 Å². The number of unbranched alkanes of at least 4 members (excludes halogenated alkanes) is 1. The van der Waals surface area contributed by atoms with Crippen LogP contribution in [0.15, 0.2) is 27.9 Å². The van der Waals surface area contributed by atoms with Crippen LogP contribution < -0.4 is 5.43 Å². The molecule has 0 fully saturated rings. The van der Waals surface area contributed by atoms with Crippen LogP contribution >= 0.6 is 23.4 Å². The summed E-state index contributed by atoms with van der Waals surface area (Å²) in [4.78, 5) is 28.8. The fourth-order valence-corrected chi connectivity index (χ4v) is 4.20. The smallest absolute Gasteiger partial charge is 0.354 e. The summed E-state index contributed by atoms with van der Waals surface area (Å²) in [5, 5.41) is 0.566. The second-order valence-corrected chi connectivity index (χ2v) is 7.14. The zero-order valence-corrected chi connectivity index (χ0v) is 15.1. The van der Waals surface area contributed by atoms with Crippen molar-refractivity contribution in [3.63, 3.8) is 0 Å². The van der Waals surface area contributed by atoms with Gasteiger partial charge in [0.05, 0.1) is 17.3 Å². The number of thioether (sulfide) groups is 1. The molecule has 0 bridgehead atoms. The molecule has 1 N–H and O–H groups in total. The van der Waals surface area contributed by atoms with Gasteiger partial charge in [-0.2, -0.15) is 0 Å². The van der Waals surface area contributed by atoms with Crippen LogP contribution in [0.5, 0.6) is 0 Å². The molecule has 1 aromatic carbocycles. The van der Waals surface area contributed by atoms with Gasteiger partial charge in [-0.25, -0.2) is 4.79 Å². The molecule has 126 valence electrons. The number of pyridine rings is 1. The lowest BCUT2D eigenvalue weighted by Gasteiger charge is -2.22. The Bertz CT molecular complexity index is 860. The molecule has 0 saturated carbocycles. The highest BCUT2D eigenvalue weighted by Gasteiger charge is 2.25. The number of carbonyl (C=O) groups is 1. The van der Waals surface area contributed by atoms with Crippen molar-refractivity contribution in [1.29, 1.82) is 0 Å².